The molecule has 1 heterocycles. The second-order valence-electron chi connectivity index (χ2n) is 10.3. The first kappa shape index (κ1) is 56.0. The molecule has 0 spiro atoms. The Morgan fingerprint density at radius 2 is 1.26 bits per heavy atom. The minimum Gasteiger partial charge on any atom is -1.00 e. The van der Waals surface area contributed by atoms with Crippen molar-refractivity contribution >= 4 is 104 Å². The van der Waals surface area contributed by atoms with E-state index in [2.05, 4.69) is 72.9 Å². The van der Waals surface area contributed by atoms with Crippen molar-refractivity contribution in [1.29, 1.82) is 0 Å². The summed E-state index contributed by atoms with van der Waals surface area (Å²) in [6.07, 6.45) is 6.44. The van der Waals surface area contributed by atoms with Crippen LogP contribution in [0.1, 0.15) is 39.5 Å². The topological polar surface area (TPSA) is 9.23 Å². The van der Waals surface area contributed by atoms with Crippen LogP contribution in [0.2, 0.25) is 57.4 Å². The summed E-state index contributed by atoms with van der Waals surface area (Å²) in [5.41, 5.74) is 2.25. The van der Waals surface area contributed by atoms with Gasteiger partial charge < -0.3 is 17.1 Å². The Kier molecular flexibility index (Phi) is 61.0. The van der Waals surface area contributed by atoms with Gasteiger partial charge >= 0.3 is 23.1 Å². The van der Waals surface area contributed by atoms with E-state index in [0.717, 1.165) is 43.0 Å². The van der Waals surface area contributed by atoms with Gasteiger partial charge in [-0.05, 0) is 44.7 Å². The van der Waals surface area contributed by atoms with Gasteiger partial charge in [0.1, 0.15) is 8.11 Å². The van der Waals surface area contributed by atoms with Gasteiger partial charge in [0.05, 0.1) is 8.07 Å². The smallest absolute Gasteiger partial charge is 1.00 e. The largest absolute Gasteiger partial charge is 2.00 e. The summed E-state index contributed by atoms with van der Waals surface area (Å²) in [4.78, 5) is 0. The number of rotatable bonds is 9. The molecule has 0 bridgehead atoms. The van der Waals surface area contributed by atoms with Crippen LogP contribution in [-0.4, -0.2) is 77.5 Å². The Hall–Kier alpha value is 2.21. The summed E-state index contributed by atoms with van der Waals surface area (Å²) in [6.45, 7) is 33.4. The normalized spacial score (nSPS) is 11.3. The van der Waals surface area contributed by atoms with Crippen LogP contribution >= 0.6 is 57.0 Å². The van der Waals surface area contributed by atoms with E-state index in [1.807, 2.05) is 6.92 Å². The molecule has 1 aliphatic heterocycles. The Balaban J connectivity index is -0.0000000632. The van der Waals surface area contributed by atoms with Gasteiger partial charge in [0.15, 0.2) is 7.38 Å². The molecule has 0 atom stereocenters. The molecule has 1 aliphatic rings. The molecule has 0 N–H and O–H groups in total. The van der Waals surface area contributed by atoms with Crippen molar-refractivity contribution in [2.24, 2.45) is 0 Å². The third kappa shape index (κ3) is 98.2. The number of hydrogen-bond acceptors (Lipinski definition) is 1. The van der Waals surface area contributed by atoms with Crippen molar-refractivity contribution < 1.29 is 17.1 Å². The minimum absolute atomic E-state index is 0. The van der Waals surface area contributed by atoms with Gasteiger partial charge in [0.2, 0.25) is 0 Å². The van der Waals surface area contributed by atoms with Gasteiger partial charge in [0, 0.05) is 30.9 Å². The average molecular weight is 720 g/mol. The van der Waals surface area contributed by atoms with Crippen LogP contribution in [0.25, 0.3) is 0 Å². The number of allylic oxidation sites excluding steroid dienone is 3. The van der Waals surface area contributed by atoms with E-state index in [4.69, 9.17) is 61.7 Å². The van der Waals surface area contributed by atoms with Crippen molar-refractivity contribution in [3.05, 3.63) is 43.9 Å². The zero-order chi connectivity index (χ0) is 29.6. The first-order valence-corrected chi connectivity index (χ1v) is 26.0. The summed E-state index contributed by atoms with van der Waals surface area (Å²) < 4.78 is 4.94. The average Bonchev–Trinajstić information content (AvgIpc) is 3.29. The number of halogens is 6. The molecule has 1 fully saturated rings. The molecule has 1 rings (SSSR count). The van der Waals surface area contributed by atoms with Gasteiger partial charge in [0.25, 0.3) is 0 Å². The van der Waals surface area contributed by atoms with E-state index in [0.29, 0.717) is 5.88 Å². The predicted octanol–water partition coefficient (Wildman–Crippen LogP) is 8.40. The second-order valence-corrected chi connectivity index (χ2v) is 28.2. The van der Waals surface area contributed by atoms with Gasteiger partial charge in [-0.2, -0.15) is 22.2 Å². The van der Waals surface area contributed by atoms with Crippen molar-refractivity contribution in [2.75, 3.05) is 30.9 Å². The Morgan fingerprint density at radius 1 is 0.947 bits per heavy atom. The Labute approximate surface area is 289 Å². The Bertz CT molecular complexity index is 474. The number of alkyl halides is 3. The summed E-state index contributed by atoms with van der Waals surface area (Å²) in [6, 6.07) is 3.73. The first-order valence-electron chi connectivity index (χ1n) is 12.7. The van der Waals surface area contributed by atoms with E-state index < -0.39 is 23.6 Å². The second kappa shape index (κ2) is 41.3. The molecule has 38 heavy (non-hydrogen) atoms. The van der Waals surface area contributed by atoms with Crippen LogP contribution in [-0.2, 0) is 4.74 Å². The van der Waals surface area contributed by atoms with Gasteiger partial charge in [-0.15, -0.1) is 48.0 Å². The molecule has 0 radical (unpaired) electrons. The van der Waals surface area contributed by atoms with Crippen LogP contribution in [0.3, 0.4) is 0 Å². The molecule has 0 aliphatic carbocycles. The molecule has 0 aromatic heterocycles. The zero-order valence-electron chi connectivity index (χ0n) is 25.9. The molecular formula is C27H58Cl6MgOSi3. The molecule has 0 unspecified atom stereocenters. The summed E-state index contributed by atoms with van der Waals surface area (Å²) in [5, 5.41) is 0. The van der Waals surface area contributed by atoms with E-state index in [1.54, 1.807) is 6.08 Å². The van der Waals surface area contributed by atoms with Crippen molar-refractivity contribution in [3.8, 4) is 0 Å². The monoisotopic (exact) mass is 716 g/mol. The van der Waals surface area contributed by atoms with E-state index in [1.165, 1.54) is 36.9 Å². The van der Waals surface area contributed by atoms with Crippen LogP contribution < -0.4 is 12.4 Å². The Morgan fingerprint density at radius 3 is 1.42 bits per heavy atom. The molecule has 1 nitrogen and oxygen atoms in total. The van der Waals surface area contributed by atoms with Crippen LogP contribution in [0.5, 0.6) is 0 Å². The van der Waals surface area contributed by atoms with E-state index in [-0.39, 0.29) is 35.5 Å². The summed E-state index contributed by atoms with van der Waals surface area (Å²) in [7, 11) is -2.93. The van der Waals surface area contributed by atoms with Gasteiger partial charge in [-0.3, -0.25) is 0 Å². The quantitative estimate of drug-likeness (QED) is 0.0765. The maximum atomic E-state index is 5.99. The van der Waals surface area contributed by atoms with Crippen molar-refractivity contribution in [2.45, 2.75) is 96.9 Å². The fourth-order valence-electron chi connectivity index (χ4n) is 2.45. The fraction of sp³-hybridized carbons (Fsp3) is 0.741. The van der Waals surface area contributed by atoms with Crippen LogP contribution in [0, 0.1) is 6.92 Å². The first-order chi connectivity index (χ1) is 16.4. The molecular weight excluding hydrogens is 662 g/mol. The number of ether oxygens (including phenoxy) is 1. The summed E-state index contributed by atoms with van der Waals surface area (Å²) >= 11 is 27.6. The third-order valence-electron chi connectivity index (χ3n) is 3.61. The molecule has 1 saturated heterocycles. The maximum Gasteiger partial charge on any atom is 2.00 e. The SMILES string of the molecule is C1CCOC1.C=C(C)C[Si](C)(C)CCCCl.C=C([CH2-])C.C=CCCl.C[SiH](C)Cl.C[Si](C)(Cl)CCCCl.[Cl-].[Mg+2]. The standard InChI is InChI=1S/C9H19ClSi.C5H12Cl2Si.C4H8O.C4H7.C3H5Cl.C2H7ClSi.ClH.Mg/c1-9(2)8-11(3,4)7-5-6-10;1-8(2,7)5-3-4-6;1-2-4-5-3-1;1-4(2)3;1-2-3-4;1-4(2)3;;/h1,5-8H2,2-4H3;3-5H2,1-2H3;1-4H2;1-2H2,3H3;2H,1,3H2;4H,1-2H3;1H;/q;;;-1;;;;+2/p-1. The molecule has 11 heteroatoms. The van der Waals surface area contributed by atoms with Gasteiger partial charge in [-0.25, -0.2) is 19.1 Å². The molecule has 0 saturated carbocycles. The molecule has 228 valence electrons. The minimum atomic E-state index is -1.29. The predicted molar refractivity (Wildman–Crippen MR) is 192 cm³/mol. The zero-order valence-corrected chi connectivity index (χ0v) is 35.0. The van der Waals surface area contributed by atoms with E-state index in [9.17, 15) is 0 Å². The number of hydrogen-bond donors (Lipinski definition) is 0. The van der Waals surface area contributed by atoms with E-state index >= 15 is 0 Å². The molecule has 0 aromatic rings. The molecule has 0 amide bonds. The van der Waals surface area contributed by atoms with Crippen LogP contribution in [0.4, 0.5) is 0 Å². The van der Waals surface area contributed by atoms with Crippen molar-refractivity contribution in [3.63, 3.8) is 0 Å². The fourth-order valence-corrected chi connectivity index (χ4v) is 7.53. The summed E-state index contributed by atoms with van der Waals surface area (Å²) in [5.74, 6) is 2.12. The maximum absolute atomic E-state index is 5.99. The third-order valence-corrected chi connectivity index (χ3v) is 9.74. The molecule has 0 aromatic carbocycles. The van der Waals surface area contributed by atoms with Crippen molar-refractivity contribution in [1.82, 2.24) is 0 Å². The van der Waals surface area contributed by atoms with Gasteiger partial charge in [-0.1, -0.05) is 63.9 Å². The van der Waals surface area contributed by atoms with Crippen LogP contribution in [0.15, 0.2) is 37.0 Å².